The molecule has 0 aliphatic carbocycles. The number of thiophene rings is 8. The Morgan fingerprint density at radius 3 is 0.910 bits per heavy atom. The normalized spacial score (nSPS) is 11.8. The number of aryl methyl sites for hydroxylation is 4. The van der Waals surface area contributed by atoms with E-state index in [1.54, 1.807) is 0 Å². The summed E-state index contributed by atoms with van der Waals surface area (Å²) in [4.78, 5) is 19.5. The molecule has 0 radical (unpaired) electrons. The van der Waals surface area contributed by atoms with E-state index in [9.17, 15) is 0 Å². The van der Waals surface area contributed by atoms with Gasteiger partial charge in [0.2, 0.25) is 0 Å². The average Bonchev–Trinajstić information content (AvgIpc) is 4.33. The number of hydrogen-bond acceptors (Lipinski definition) is 10. The molecule has 0 N–H and O–H groups in total. The molecular formula is C68H74N2S8. The summed E-state index contributed by atoms with van der Waals surface area (Å²) < 4.78 is 0. The van der Waals surface area contributed by atoms with Crippen LogP contribution in [0.1, 0.15) is 153 Å². The van der Waals surface area contributed by atoms with Crippen LogP contribution in [0.15, 0.2) is 142 Å². The van der Waals surface area contributed by atoms with Crippen molar-refractivity contribution in [2.75, 3.05) is 0 Å². The summed E-state index contributed by atoms with van der Waals surface area (Å²) in [5.41, 5.74) is 10.2. The van der Waals surface area contributed by atoms with E-state index < -0.39 is 0 Å². The van der Waals surface area contributed by atoms with Gasteiger partial charge in [-0.15, -0.1) is 90.7 Å². The van der Waals surface area contributed by atoms with Gasteiger partial charge in [0.25, 0.3) is 0 Å². The van der Waals surface area contributed by atoms with Crippen molar-refractivity contribution >= 4 is 102 Å². The molecule has 0 saturated carbocycles. The minimum atomic E-state index is 0.863. The van der Waals surface area contributed by atoms with Crippen molar-refractivity contribution in [3.63, 3.8) is 0 Å². The van der Waals surface area contributed by atoms with E-state index in [1.807, 2.05) is 90.7 Å². The van der Waals surface area contributed by atoms with Crippen LogP contribution in [-0.4, -0.2) is 0 Å². The Morgan fingerprint density at radius 1 is 0.269 bits per heavy atom. The molecular weight excluding hydrogens is 1100 g/mol. The van der Waals surface area contributed by atoms with Crippen molar-refractivity contribution in [2.24, 2.45) is 10.2 Å². The molecule has 10 heteroatoms. The highest BCUT2D eigenvalue weighted by atomic mass is 32.1. The zero-order valence-corrected chi connectivity index (χ0v) is 52.5. The minimum absolute atomic E-state index is 0.863. The van der Waals surface area contributed by atoms with Crippen LogP contribution >= 0.6 is 90.7 Å². The third-order valence-electron chi connectivity index (χ3n) is 14.7. The van der Waals surface area contributed by atoms with Crippen LogP contribution < -0.4 is 0 Å². The number of unbranched alkanes of at least 4 members (excludes halogenated alkanes) is 12. The van der Waals surface area contributed by atoms with Gasteiger partial charge in [-0.3, -0.25) is 0 Å². The van der Waals surface area contributed by atoms with Crippen LogP contribution in [0.25, 0.3) is 79.4 Å². The van der Waals surface area contributed by atoms with Crippen molar-refractivity contribution in [1.82, 2.24) is 0 Å². The van der Waals surface area contributed by atoms with E-state index in [4.69, 9.17) is 10.2 Å². The van der Waals surface area contributed by atoms with Gasteiger partial charge in [0, 0.05) is 68.3 Å². The molecule has 0 atom stereocenters. The number of benzene rings is 2. The molecule has 0 fully saturated rings. The van der Waals surface area contributed by atoms with Gasteiger partial charge in [-0.2, -0.15) is 10.2 Å². The Hall–Kier alpha value is -4.36. The van der Waals surface area contributed by atoms with Crippen LogP contribution in [-0.2, 0) is 25.7 Å². The first-order chi connectivity index (χ1) is 38.5. The highest BCUT2D eigenvalue weighted by Crippen LogP contribution is 2.49. The van der Waals surface area contributed by atoms with Gasteiger partial charge in [-0.05, 0) is 193 Å². The topological polar surface area (TPSA) is 24.7 Å². The molecule has 8 aromatic heterocycles. The molecule has 0 unspecified atom stereocenters. The molecule has 0 spiro atoms. The van der Waals surface area contributed by atoms with Gasteiger partial charge in [0.15, 0.2) is 0 Å². The molecule has 0 aliphatic heterocycles. The maximum absolute atomic E-state index is 4.72. The van der Waals surface area contributed by atoms with Gasteiger partial charge in [-0.1, -0.05) is 129 Å². The summed E-state index contributed by atoms with van der Waals surface area (Å²) in [5, 5.41) is 14.0. The van der Waals surface area contributed by atoms with Gasteiger partial charge in [0.1, 0.15) is 0 Å². The molecule has 10 rings (SSSR count). The zero-order chi connectivity index (χ0) is 53.5. The van der Waals surface area contributed by atoms with Gasteiger partial charge < -0.3 is 0 Å². The molecule has 10 aromatic rings. The first-order valence-electron chi connectivity index (χ1n) is 28.9. The number of hydrogen-bond donors (Lipinski definition) is 0. The zero-order valence-electron chi connectivity index (χ0n) is 46.0. The third kappa shape index (κ3) is 14.6. The van der Waals surface area contributed by atoms with Gasteiger partial charge >= 0.3 is 0 Å². The Bertz CT molecular complexity index is 3200. The molecule has 0 aliphatic rings. The fourth-order valence-corrected chi connectivity index (χ4v) is 19.4. The molecule has 8 heterocycles. The maximum atomic E-state index is 4.72. The fraction of sp³-hybridized carbons (Fsp3) is 0.353. The number of nitrogens with zero attached hydrogens (tertiary/aromatic N) is 2. The Morgan fingerprint density at radius 2 is 0.577 bits per heavy atom. The highest BCUT2D eigenvalue weighted by molar-refractivity contribution is 7.30. The first-order valence-corrected chi connectivity index (χ1v) is 35.6. The third-order valence-corrected chi connectivity index (χ3v) is 24.5. The Balaban J connectivity index is 0.810. The highest BCUT2D eigenvalue weighted by Gasteiger charge is 2.20. The monoisotopic (exact) mass is 1170 g/mol. The minimum Gasteiger partial charge on any atom is -0.151 e. The Labute approximate surface area is 497 Å². The lowest BCUT2D eigenvalue weighted by atomic mass is 10.0. The molecule has 0 amide bonds. The lowest BCUT2D eigenvalue weighted by Crippen LogP contribution is -1.85. The van der Waals surface area contributed by atoms with Crippen LogP contribution in [0.4, 0.5) is 11.4 Å². The van der Waals surface area contributed by atoms with Crippen molar-refractivity contribution in [3.05, 3.63) is 154 Å². The fourth-order valence-electron chi connectivity index (χ4n) is 10.3. The van der Waals surface area contributed by atoms with Crippen LogP contribution in [0.3, 0.4) is 0 Å². The molecule has 0 bridgehead atoms. The summed E-state index contributed by atoms with van der Waals surface area (Å²) in [6, 6.07) is 45.8. The molecule has 2 aromatic carbocycles. The second-order valence-corrected chi connectivity index (χ2v) is 28.9. The van der Waals surface area contributed by atoms with Crippen molar-refractivity contribution < 1.29 is 0 Å². The predicted octanol–water partition coefficient (Wildman–Crippen LogP) is 26.4. The first kappa shape index (κ1) is 56.9. The standard InChI is InChI=1S/C68H74N2S8/c1-5-9-13-17-21-49-41-43-71-65(49)59-37-33-55(73-59)57-35-39-61(75-57)67-51(23-19-15-11-7-3)45-63(77-67)47-25-29-53(30-26-47)69-70-54-31-27-48(28-32-54)64-46-52(24-20-16-12-8-4)68(78-64)62-40-36-58(76-62)56-34-38-60(74-56)66-50(42-44-72-66)22-18-14-10-6-2/h25-46H,5-24H2,1-4H3/b70-69+. The lowest BCUT2D eigenvalue weighted by molar-refractivity contribution is 0.668. The van der Waals surface area contributed by atoms with E-state index in [1.165, 1.54) is 217 Å². The summed E-state index contributed by atoms with van der Waals surface area (Å²) >= 11 is 15.5. The SMILES string of the molecule is CCCCCCc1ccsc1-c1ccc(-c2ccc(-c3sc(-c4ccc(/N=N/c5ccc(-c6cc(CCCCCC)c(-c7ccc(-c8ccc(-c9sccc9CCCCCC)s8)s7)s6)cc5)cc4)cc3CCCCCC)s2)s1. The molecule has 0 saturated heterocycles. The summed E-state index contributed by atoms with van der Waals surface area (Å²) in [6.07, 6.45) is 25.1. The maximum Gasteiger partial charge on any atom is 0.0857 e. The van der Waals surface area contributed by atoms with Crippen LogP contribution in [0.5, 0.6) is 0 Å². The van der Waals surface area contributed by atoms with E-state index in [0.717, 1.165) is 24.2 Å². The molecule has 78 heavy (non-hydrogen) atoms. The van der Waals surface area contributed by atoms with E-state index in [0.29, 0.717) is 0 Å². The second-order valence-electron chi connectivity index (χ2n) is 20.7. The van der Waals surface area contributed by atoms with Gasteiger partial charge in [0.05, 0.1) is 11.4 Å². The molecule has 2 nitrogen and oxygen atoms in total. The summed E-state index contributed by atoms with van der Waals surface area (Å²) in [6.45, 7) is 9.18. The second kappa shape index (κ2) is 28.9. The number of azo groups is 1. The van der Waals surface area contributed by atoms with E-state index >= 15 is 0 Å². The van der Waals surface area contributed by atoms with Crippen molar-refractivity contribution in [1.29, 1.82) is 0 Å². The predicted molar refractivity (Wildman–Crippen MR) is 355 cm³/mol. The van der Waals surface area contributed by atoms with Crippen molar-refractivity contribution in [2.45, 2.75) is 156 Å². The smallest absolute Gasteiger partial charge is 0.0857 e. The van der Waals surface area contributed by atoms with Crippen LogP contribution in [0.2, 0.25) is 0 Å². The lowest BCUT2D eigenvalue weighted by Gasteiger charge is -2.02. The van der Waals surface area contributed by atoms with Gasteiger partial charge in [-0.25, -0.2) is 0 Å². The van der Waals surface area contributed by atoms with E-state index in [-0.39, 0.29) is 0 Å². The van der Waals surface area contributed by atoms with E-state index in [2.05, 4.69) is 160 Å². The van der Waals surface area contributed by atoms with Crippen molar-refractivity contribution in [3.8, 4) is 79.4 Å². The number of rotatable bonds is 30. The summed E-state index contributed by atoms with van der Waals surface area (Å²) in [7, 11) is 0. The molecule has 404 valence electrons. The van der Waals surface area contributed by atoms with Crippen LogP contribution in [0, 0.1) is 0 Å². The summed E-state index contributed by atoms with van der Waals surface area (Å²) in [5.74, 6) is 0. The Kier molecular flexibility index (Phi) is 21.1. The quantitative estimate of drug-likeness (QED) is 0.0317. The largest absolute Gasteiger partial charge is 0.151 e. The average molecular weight is 1180 g/mol.